The molecule has 0 bridgehead atoms. The zero-order chi connectivity index (χ0) is 17.6. The number of rotatable bonds is 4. The lowest BCUT2D eigenvalue weighted by Gasteiger charge is -2.34. The molecule has 7 nitrogen and oxygen atoms in total. The summed E-state index contributed by atoms with van der Waals surface area (Å²) < 4.78 is 3.92. The number of nitrogens with one attached hydrogen (secondary N) is 1. The first-order chi connectivity index (χ1) is 12.0. The van der Waals surface area contributed by atoms with E-state index >= 15 is 0 Å². The molecule has 1 saturated carbocycles. The summed E-state index contributed by atoms with van der Waals surface area (Å²) in [5.74, 6) is 2.17. The molecule has 0 unspecified atom stereocenters. The molecule has 4 rings (SSSR count). The van der Waals surface area contributed by atoms with E-state index in [1.165, 1.54) is 0 Å². The van der Waals surface area contributed by atoms with Crippen molar-refractivity contribution in [3.05, 3.63) is 41.1 Å². The summed E-state index contributed by atoms with van der Waals surface area (Å²) >= 11 is 6.21. The van der Waals surface area contributed by atoms with Crippen molar-refractivity contribution < 1.29 is 4.79 Å². The first-order valence-electron chi connectivity index (χ1n) is 8.28. The van der Waals surface area contributed by atoms with Gasteiger partial charge in [-0.2, -0.15) is 5.10 Å². The van der Waals surface area contributed by atoms with Crippen LogP contribution in [0.25, 0.3) is 10.9 Å². The van der Waals surface area contributed by atoms with Crippen molar-refractivity contribution >= 4 is 28.4 Å². The number of carbonyl (C=O) groups excluding carboxylic acids is 1. The van der Waals surface area contributed by atoms with Crippen molar-refractivity contribution in [2.45, 2.75) is 38.3 Å². The molecule has 2 aromatic heterocycles. The average molecular weight is 359 g/mol. The molecule has 0 aliphatic heterocycles. The fourth-order valence-corrected chi connectivity index (χ4v) is 3.65. The summed E-state index contributed by atoms with van der Waals surface area (Å²) in [6, 6.07) is 6.02. The monoisotopic (exact) mass is 358 g/mol. The van der Waals surface area contributed by atoms with Crippen molar-refractivity contribution in [3.8, 4) is 0 Å². The molecule has 1 aliphatic rings. The third-order valence-electron chi connectivity index (χ3n) is 4.83. The van der Waals surface area contributed by atoms with Gasteiger partial charge in [0.1, 0.15) is 12.4 Å². The van der Waals surface area contributed by atoms with Gasteiger partial charge in [-0.25, -0.2) is 0 Å². The Hall–Kier alpha value is -2.41. The highest BCUT2D eigenvalue weighted by Gasteiger charge is 2.34. The number of amides is 1. The SMILES string of the molecule is CC(=O)NC1CC(c2nnc(Cn3ncc4c(Cl)cccc43)n2C)C1. The summed E-state index contributed by atoms with van der Waals surface area (Å²) in [5.41, 5.74) is 0.978. The Kier molecular flexibility index (Phi) is 3.95. The van der Waals surface area contributed by atoms with E-state index in [-0.39, 0.29) is 11.9 Å². The van der Waals surface area contributed by atoms with Crippen LogP contribution in [0.5, 0.6) is 0 Å². The van der Waals surface area contributed by atoms with E-state index in [1.807, 2.05) is 34.5 Å². The zero-order valence-electron chi connectivity index (χ0n) is 14.1. The molecular formula is C17H19ClN6O. The Bertz CT molecular complexity index is 940. The van der Waals surface area contributed by atoms with E-state index in [2.05, 4.69) is 20.6 Å². The van der Waals surface area contributed by atoms with Crippen LogP contribution in [0.3, 0.4) is 0 Å². The van der Waals surface area contributed by atoms with Crippen LogP contribution in [0.1, 0.15) is 37.3 Å². The van der Waals surface area contributed by atoms with E-state index in [9.17, 15) is 4.79 Å². The predicted molar refractivity (Wildman–Crippen MR) is 94.4 cm³/mol. The van der Waals surface area contributed by atoms with E-state index < -0.39 is 0 Å². The lowest BCUT2D eigenvalue weighted by molar-refractivity contribution is -0.120. The standard InChI is InChI=1S/C17H19ClN6O/c1-10(25)20-12-6-11(7-12)17-22-21-16(23(17)2)9-24-15-5-3-4-14(18)13(15)8-19-24/h3-5,8,11-12H,6-7,9H2,1-2H3,(H,20,25). The number of halogens is 1. The van der Waals surface area contributed by atoms with Gasteiger partial charge < -0.3 is 9.88 Å². The summed E-state index contributed by atoms with van der Waals surface area (Å²) in [5, 5.41) is 17.7. The maximum absolute atomic E-state index is 11.1. The molecule has 2 heterocycles. The Balaban J connectivity index is 1.52. The Morgan fingerprint density at radius 1 is 1.36 bits per heavy atom. The zero-order valence-corrected chi connectivity index (χ0v) is 14.9. The molecule has 0 spiro atoms. The summed E-state index contributed by atoms with van der Waals surface area (Å²) in [6.07, 6.45) is 3.59. The van der Waals surface area contributed by atoms with Crippen molar-refractivity contribution in [1.29, 1.82) is 0 Å². The van der Waals surface area contributed by atoms with Crippen molar-refractivity contribution in [1.82, 2.24) is 29.9 Å². The number of nitrogens with zero attached hydrogens (tertiary/aromatic N) is 5. The topological polar surface area (TPSA) is 77.6 Å². The smallest absolute Gasteiger partial charge is 0.217 e. The van der Waals surface area contributed by atoms with Crippen molar-refractivity contribution in [2.24, 2.45) is 7.05 Å². The molecule has 0 radical (unpaired) electrons. The van der Waals surface area contributed by atoms with Crippen LogP contribution >= 0.6 is 11.6 Å². The Labute approximate surface area is 150 Å². The van der Waals surface area contributed by atoms with Gasteiger partial charge in [-0.15, -0.1) is 10.2 Å². The number of fused-ring (bicyclic) bond motifs is 1. The Morgan fingerprint density at radius 2 is 2.16 bits per heavy atom. The molecule has 1 aromatic carbocycles. The molecule has 0 atom stereocenters. The molecule has 1 fully saturated rings. The average Bonchev–Trinajstić information content (AvgIpc) is 3.09. The van der Waals surface area contributed by atoms with Crippen LogP contribution in [-0.4, -0.2) is 36.5 Å². The summed E-state index contributed by atoms with van der Waals surface area (Å²) in [4.78, 5) is 11.1. The highest BCUT2D eigenvalue weighted by molar-refractivity contribution is 6.35. The fraction of sp³-hybridized carbons (Fsp3) is 0.412. The van der Waals surface area contributed by atoms with Gasteiger partial charge in [-0.05, 0) is 25.0 Å². The van der Waals surface area contributed by atoms with Crippen LogP contribution in [0.2, 0.25) is 5.02 Å². The van der Waals surface area contributed by atoms with Crippen LogP contribution < -0.4 is 5.32 Å². The van der Waals surface area contributed by atoms with E-state index in [4.69, 9.17) is 11.6 Å². The van der Waals surface area contributed by atoms with Crippen molar-refractivity contribution in [2.75, 3.05) is 0 Å². The number of aromatic nitrogens is 5. The van der Waals surface area contributed by atoms with Gasteiger partial charge in [0.2, 0.25) is 5.91 Å². The second kappa shape index (κ2) is 6.15. The lowest BCUT2D eigenvalue weighted by atomic mass is 9.79. The van der Waals surface area contributed by atoms with Gasteiger partial charge in [0.15, 0.2) is 5.82 Å². The quantitative estimate of drug-likeness (QED) is 0.776. The summed E-state index contributed by atoms with van der Waals surface area (Å²) in [7, 11) is 1.98. The minimum absolute atomic E-state index is 0.0197. The number of benzene rings is 1. The Morgan fingerprint density at radius 3 is 2.92 bits per heavy atom. The van der Waals surface area contributed by atoms with Crippen LogP contribution in [-0.2, 0) is 18.4 Å². The maximum Gasteiger partial charge on any atom is 0.217 e. The third kappa shape index (κ3) is 2.89. The normalized spacial score (nSPS) is 19.8. The molecule has 130 valence electrons. The van der Waals surface area contributed by atoms with Crippen LogP contribution in [0, 0.1) is 0 Å². The number of hydrogen-bond donors (Lipinski definition) is 1. The molecule has 25 heavy (non-hydrogen) atoms. The minimum atomic E-state index is 0.0197. The highest BCUT2D eigenvalue weighted by atomic mass is 35.5. The molecule has 1 aliphatic carbocycles. The van der Waals surface area contributed by atoms with Gasteiger partial charge in [-0.1, -0.05) is 17.7 Å². The van der Waals surface area contributed by atoms with Crippen molar-refractivity contribution in [3.63, 3.8) is 0 Å². The molecule has 1 amide bonds. The second-order valence-corrected chi connectivity index (χ2v) is 6.98. The first-order valence-corrected chi connectivity index (χ1v) is 8.66. The summed E-state index contributed by atoms with van der Waals surface area (Å²) in [6.45, 7) is 2.09. The van der Waals surface area contributed by atoms with Crippen LogP contribution in [0.15, 0.2) is 24.4 Å². The number of hydrogen-bond acceptors (Lipinski definition) is 4. The first kappa shape index (κ1) is 16.1. The van der Waals surface area contributed by atoms with Gasteiger partial charge >= 0.3 is 0 Å². The lowest BCUT2D eigenvalue weighted by Crippen LogP contribution is -2.43. The van der Waals surface area contributed by atoms with Gasteiger partial charge in [0.25, 0.3) is 0 Å². The molecular weight excluding hydrogens is 340 g/mol. The van der Waals surface area contributed by atoms with E-state index in [1.54, 1.807) is 13.1 Å². The highest BCUT2D eigenvalue weighted by Crippen LogP contribution is 2.36. The van der Waals surface area contributed by atoms with Gasteiger partial charge in [0.05, 0.1) is 16.7 Å². The molecule has 8 heteroatoms. The van der Waals surface area contributed by atoms with Crippen LogP contribution in [0.4, 0.5) is 0 Å². The molecule has 1 N–H and O–H groups in total. The second-order valence-electron chi connectivity index (χ2n) is 6.57. The molecule has 0 saturated heterocycles. The number of carbonyl (C=O) groups is 1. The van der Waals surface area contributed by atoms with Gasteiger partial charge in [-0.3, -0.25) is 9.48 Å². The minimum Gasteiger partial charge on any atom is -0.354 e. The predicted octanol–water partition coefficient (Wildman–Crippen LogP) is 2.25. The fourth-order valence-electron chi connectivity index (χ4n) is 3.43. The van der Waals surface area contributed by atoms with Gasteiger partial charge in [0, 0.05) is 31.3 Å². The largest absolute Gasteiger partial charge is 0.354 e. The molecule has 3 aromatic rings. The third-order valence-corrected chi connectivity index (χ3v) is 5.16. The van der Waals surface area contributed by atoms with E-state index in [0.717, 1.165) is 35.4 Å². The van der Waals surface area contributed by atoms with E-state index in [0.29, 0.717) is 17.5 Å². The maximum atomic E-state index is 11.1.